The second kappa shape index (κ2) is 2.63. The van der Waals surface area contributed by atoms with Gasteiger partial charge in [0.1, 0.15) is 4.60 Å². The molecule has 2 nitrogen and oxygen atoms in total. The van der Waals surface area contributed by atoms with Gasteiger partial charge in [0.25, 0.3) is 0 Å². The summed E-state index contributed by atoms with van der Waals surface area (Å²) in [6, 6.07) is 2.73. The number of rotatable bonds is 1. The molecule has 0 radical (unpaired) electrons. The highest BCUT2D eigenvalue weighted by atomic mass is 79.9. The van der Waals surface area contributed by atoms with Crippen LogP contribution in [0.2, 0.25) is 0 Å². The maximum absolute atomic E-state index is 4.40. The van der Waals surface area contributed by atoms with Crippen molar-refractivity contribution in [1.29, 1.82) is 0 Å². The molecule has 0 spiro atoms. The van der Waals surface area contributed by atoms with Crippen molar-refractivity contribution in [2.75, 3.05) is 0 Å². The molecule has 1 aromatic heterocycles. The second-order valence-corrected chi connectivity index (χ2v) is 3.95. The molecule has 1 fully saturated rings. The van der Waals surface area contributed by atoms with Gasteiger partial charge in [-0.2, -0.15) is 5.10 Å². The second-order valence-electron chi connectivity index (χ2n) is 3.14. The van der Waals surface area contributed by atoms with Crippen molar-refractivity contribution in [3.8, 4) is 0 Å². The van der Waals surface area contributed by atoms with E-state index in [2.05, 4.69) is 31.8 Å². The molecular weight excluding hydrogens is 204 g/mol. The summed E-state index contributed by atoms with van der Waals surface area (Å²) in [4.78, 5) is 0. The van der Waals surface area contributed by atoms with E-state index in [9.17, 15) is 0 Å². The van der Waals surface area contributed by atoms with Crippen LogP contribution < -0.4 is 0 Å². The lowest BCUT2D eigenvalue weighted by molar-refractivity contribution is 0.284. The maximum atomic E-state index is 4.40. The van der Waals surface area contributed by atoms with Gasteiger partial charge < -0.3 is 0 Å². The Morgan fingerprint density at radius 3 is 2.73 bits per heavy atom. The summed E-state index contributed by atoms with van der Waals surface area (Å²) in [6.07, 6.45) is 3.94. The molecule has 3 heteroatoms. The summed E-state index contributed by atoms with van der Waals surface area (Å²) < 4.78 is 3.22. The SMILES string of the molecule is Cc1cc(Br)n(C2CCC2)n1. The van der Waals surface area contributed by atoms with Gasteiger partial charge >= 0.3 is 0 Å². The predicted molar refractivity (Wildman–Crippen MR) is 47.6 cm³/mol. The summed E-state index contributed by atoms with van der Waals surface area (Å²) >= 11 is 3.49. The molecule has 2 rings (SSSR count). The predicted octanol–water partition coefficient (Wildman–Crippen LogP) is 2.68. The van der Waals surface area contributed by atoms with Crippen LogP contribution in [0, 0.1) is 6.92 Å². The fourth-order valence-corrected chi connectivity index (χ4v) is 2.07. The molecule has 0 atom stereocenters. The molecule has 0 aromatic carbocycles. The first-order chi connectivity index (χ1) is 5.27. The van der Waals surface area contributed by atoms with Gasteiger partial charge in [-0.25, -0.2) is 0 Å². The van der Waals surface area contributed by atoms with E-state index in [1.54, 1.807) is 0 Å². The van der Waals surface area contributed by atoms with Crippen LogP contribution >= 0.6 is 15.9 Å². The lowest BCUT2D eigenvalue weighted by Gasteiger charge is -2.26. The van der Waals surface area contributed by atoms with E-state index < -0.39 is 0 Å². The number of hydrogen-bond donors (Lipinski definition) is 0. The quantitative estimate of drug-likeness (QED) is 0.704. The standard InChI is InChI=1S/C8H11BrN2/c1-6-5-8(9)11(10-6)7-3-2-4-7/h5,7H,2-4H2,1H3. The Labute approximate surface area is 74.7 Å². The van der Waals surface area contributed by atoms with Gasteiger partial charge in [0.2, 0.25) is 0 Å². The molecule has 0 amide bonds. The molecule has 0 saturated heterocycles. The first-order valence-corrected chi connectivity index (χ1v) is 4.78. The van der Waals surface area contributed by atoms with Gasteiger partial charge in [0, 0.05) is 0 Å². The first-order valence-electron chi connectivity index (χ1n) is 3.99. The van der Waals surface area contributed by atoms with Crippen molar-refractivity contribution in [3.05, 3.63) is 16.4 Å². The lowest BCUT2D eigenvalue weighted by Crippen LogP contribution is -2.18. The molecule has 1 aromatic rings. The highest BCUT2D eigenvalue weighted by Gasteiger charge is 2.21. The Morgan fingerprint density at radius 2 is 2.36 bits per heavy atom. The smallest absolute Gasteiger partial charge is 0.104 e. The van der Waals surface area contributed by atoms with Crippen LogP contribution in [0.4, 0.5) is 0 Å². The van der Waals surface area contributed by atoms with Crippen molar-refractivity contribution < 1.29 is 0 Å². The molecule has 0 N–H and O–H groups in total. The minimum Gasteiger partial charge on any atom is -0.255 e. The Kier molecular flexibility index (Phi) is 1.75. The lowest BCUT2D eigenvalue weighted by atomic mass is 9.93. The van der Waals surface area contributed by atoms with Gasteiger partial charge in [-0.15, -0.1) is 0 Å². The zero-order valence-electron chi connectivity index (χ0n) is 6.55. The van der Waals surface area contributed by atoms with Crippen LogP contribution in [0.15, 0.2) is 10.7 Å². The summed E-state index contributed by atoms with van der Waals surface area (Å²) in [5.74, 6) is 0. The van der Waals surface area contributed by atoms with Crippen molar-refractivity contribution in [2.45, 2.75) is 32.2 Å². The largest absolute Gasteiger partial charge is 0.255 e. The monoisotopic (exact) mass is 214 g/mol. The van der Waals surface area contributed by atoms with E-state index in [1.807, 2.05) is 6.92 Å². The number of aryl methyl sites for hydroxylation is 1. The number of hydrogen-bond acceptors (Lipinski definition) is 1. The molecular formula is C8H11BrN2. The summed E-state index contributed by atoms with van der Waals surface area (Å²) in [6.45, 7) is 2.03. The molecule has 60 valence electrons. The molecule has 1 saturated carbocycles. The molecule has 1 aliphatic carbocycles. The Balaban J connectivity index is 2.28. The van der Waals surface area contributed by atoms with E-state index in [1.165, 1.54) is 19.3 Å². The maximum Gasteiger partial charge on any atom is 0.104 e. The van der Waals surface area contributed by atoms with Gasteiger partial charge in [-0.05, 0) is 48.2 Å². The van der Waals surface area contributed by atoms with Crippen molar-refractivity contribution in [1.82, 2.24) is 9.78 Å². The van der Waals surface area contributed by atoms with Crippen LogP contribution in [0.5, 0.6) is 0 Å². The highest BCUT2D eigenvalue weighted by Crippen LogP contribution is 2.33. The number of halogens is 1. The van der Waals surface area contributed by atoms with Gasteiger partial charge in [0.05, 0.1) is 11.7 Å². The molecule has 1 heterocycles. The average molecular weight is 215 g/mol. The van der Waals surface area contributed by atoms with Gasteiger partial charge in [0.15, 0.2) is 0 Å². The normalized spacial score (nSPS) is 18.4. The van der Waals surface area contributed by atoms with E-state index in [4.69, 9.17) is 0 Å². The third-order valence-electron chi connectivity index (χ3n) is 2.23. The molecule has 0 unspecified atom stereocenters. The van der Waals surface area contributed by atoms with Crippen molar-refractivity contribution in [3.63, 3.8) is 0 Å². The van der Waals surface area contributed by atoms with Crippen LogP contribution in [-0.4, -0.2) is 9.78 Å². The Bertz CT molecular complexity index is 263. The van der Waals surface area contributed by atoms with Crippen molar-refractivity contribution in [2.24, 2.45) is 0 Å². The van der Waals surface area contributed by atoms with E-state index in [0.717, 1.165) is 10.3 Å². The van der Waals surface area contributed by atoms with Crippen LogP contribution in [-0.2, 0) is 0 Å². The molecule has 0 bridgehead atoms. The molecule has 0 aliphatic heterocycles. The molecule has 11 heavy (non-hydrogen) atoms. The van der Waals surface area contributed by atoms with E-state index in [0.29, 0.717) is 6.04 Å². The third-order valence-corrected chi connectivity index (χ3v) is 2.83. The van der Waals surface area contributed by atoms with Gasteiger partial charge in [-0.1, -0.05) is 0 Å². The first kappa shape index (κ1) is 7.35. The fraction of sp³-hybridized carbons (Fsp3) is 0.625. The summed E-state index contributed by atoms with van der Waals surface area (Å²) in [7, 11) is 0. The highest BCUT2D eigenvalue weighted by molar-refractivity contribution is 9.10. The number of aromatic nitrogens is 2. The molecule has 1 aliphatic rings. The Morgan fingerprint density at radius 1 is 1.64 bits per heavy atom. The summed E-state index contributed by atoms with van der Waals surface area (Å²) in [5, 5.41) is 4.40. The minimum atomic E-state index is 0.665. The summed E-state index contributed by atoms with van der Waals surface area (Å²) in [5.41, 5.74) is 1.10. The van der Waals surface area contributed by atoms with E-state index in [-0.39, 0.29) is 0 Å². The Hall–Kier alpha value is -0.310. The zero-order chi connectivity index (χ0) is 7.84. The fourth-order valence-electron chi connectivity index (χ4n) is 1.37. The minimum absolute atomic E-state index is 0.665. The van der Waals surface area contributed by atoms with Crippen LogP contribution in [0.1, 0.15) is 31.0 Å². The van der Waals surface area contributed by atoms with E-state index >= 15 is 0 Å². The average Bonchev–Trinajstić information content (AvgIpc) is 2.07. The van der Waals surface area contributed by atoms with Crippen molar-refractivity contribution >= 4 is 15.9 Å². The van der Waals surface area contributed by atoms with Crippen LogP contribution in [0.3, 0.4) is 0 Å². The topological polar surface area (TPSA) is 17.8 Å². The number of nitrogens with zero attached hydrogens (tertiary/aromatic N) is 2. The third kappa shape index (κ3) is 1.22. The van der Waals surface area contributed by atoms with Gasteiger partial charge in [-0.3, -0.25) is 4.68 Å². The zero-order valence-corrected chi connectivity index (χ0v) is 8.13. The van der Waals surface area contributed by atoms with Crippen LogP contribution in [0.25, 0.3) is 0 Å².